The molecule has 1 N–H and O–H groups in total. The normalized spacial score (nSPS) is 11.8. The van der Waals surface area contributed by atoms with E-state index in [0.29, 0.717) is 15.7 Å². The molecule has 0 spiro atoms. The van der Waals surface area contributed by atoms with Gasteiger partial charge >= 0.3 is 29.6 Å². The van der Waals surface area contributed by atoms with E-state index in [4.69, 9.17) is 11.6 Å². The van der Waals surface area contributed by atoms with Gasteiger partial charge in [0.25, 0.3) is 0 Å². The number of carbonyl (C=O) groups excluding carboxylic acids is 1. The zero-order valence-corrected chi connectivity index (χ0v) is 22.7. The number of nitrogens with one attached hydrogen (secondary N) is 1. The first kappa shape index (κ1) is 25.4. The molecule has 0 bridgehead atoms. The van der Waals surface area contributed by atoms with Gasteiger partial charge in [-0.25, -0.2) is 9.19 Å². The van der Waals surface area contributed by atoms with Gasteiger partial charge in [-0.1, -0.05) is 48.0 Å². The number of rotatable bonds is 6. The van der Waals surface area contributed by atoms with E-state index < -0.39 is 17.0 Å². The summed E-state index contributed by atoms with van der Waals surface area (Å²) in [6.07, 6.45) is 1.77. The van der Waals surface area contributed by atoms with Crippen LogP contribution in [0.1, 0.15) is 21.6 Å². The number of aromatic amines is 1. The van der Waals surface area contributed by atoms with E-state index in [-0.39, 0.29) is 41.7 Å². The number of aryl methyl sites for hydroxylation is 1. The largest absolute Gasteiger partial charge is 1.00 e. The molecule has 9 heteroatoms. The first-order valence-corrected chi connectivity index (χ1v) is 12.0. The fourth-order valence-electron chi connectivity index (χ4n) is 4.00. The molecule has 35 heavy (non-hydrogen) atoms. The Morgan fingerprint density at radius 3 is 2.54 bits per heavy atom. The topological polar surface area (TPSA) is 89.1 Å². The molecule has 1 unspecified atom stereocenters. The van der Waals surface area contributed by atoms with Gasteiger partial charge in [-0.2, -0.15) is 0 Å². The van der Waals surface area contributed by atoms with Crippen LogP contribution < -0.4 is 39.0 Å². The van der Waals surface area contributed by atoms with Gasteiger partial charge in [-0.15, -0.1) is 0 Å². The van der Waals surface area contributed by atoms with Crippen LogP contribution in [0.4, 0.5) is 5.82 Å². The van der Waals surface area contributed by atoms with E-state index in [9.17, 15) is 14.1 Å². The van der Waals surface area contributed by atoms with Crippen LogP contribution in [0.15, 0.2) is 83.9 Å². The molecule has 0 saturated heterocycles. The van der Waals surface area contributed by atoms with E-state index in [2.05, 4.69) is 9.97 Å². The van der Waals surface area contributed by atoms with Crippen molar-refractivity contribution in [1.29, 1.82) is 0 Å². The maximum atomic E-state index is 13.8. The summed E-state index contributed by atoms with van der Waals surface area (Å²) in [4.78, 5) is 19.6. The number of halogens is 1. The summed E-state index contributed by atoms with van der Waals surface area (Å²) >= 11 is 6.14. The Balaban J connectivity index is 0.00000289. The number of pyridine rings is 1. The maximum absolute atomic E-state index is 13.8. The number of anilines is 1. The van der Waals surface area contributed by atoms with Gasteiger partial charge in [0.2, 0.25) is 0 Å². The quantitative estimate of drug-likeness (QED) is 0.352. The summed E-state index contributed by atoms with van der Waals surface area (Å²) in [6, 6.07) is 21.3. The summed E-state index contributed by atoms with van der Waals surface area (Å²) in [5.41, 5.74) is 2.69. The minimum Gasteiger partial charge on any atom is -0.545 e. The third kappa shape index (κ3) is 5.15. The molecule has 0 radical (unpaired) electrons. The predicted molar refractivity (Wildman–Crippen MR) is 133 cm³/mol. The number of benzene rings is 3. The molecule has 6 nitrogen and oxygen atoms in total. The van der Waals surface area contributed by atoms with Gasteiger partial charge in [0, 0.05) is 38.8 Å². The van der Waals surface area contributed by atoms with Crippen LogP contribution in [0.5, 0.6) is 0 Å². The zero-order chi connectivity index (χ0) is 23.8. The van der Waals surface area contributed by atoms with Crippen molar-refractivity contribution in [2.24, 2.45) is 0 Å². The molecule has 5 aromatic rings. The second-order valence-electron chi connectivity index (χ2n) is 7.92. The molecule has 3 aromatic carbocycles. The molecule has 0 fully saturated rings. The Hall–Kier alpha value is -2.68. The van der Waals surface area contributed by atoms with Crippen molar-refractivity contribution in [3.05, 3.63) is 101 Å². The molecule has 0 aliphatic rings. The number of hydrogen-bond donors (Lipinski definition) is 1. The summed E-state index contributed by atoms with van der Waals surface area (Å²) in [5.74, 6) is -0.698. The predicted octanol–water partition coefficient (Wildman–Crippen LogP) is 1.77. The minimum absolute atomic E-state index is 0. The number of hydrogen-bond acceptors (Lipinski definition) is 4. The average molecular weight is 512 g/mol. The molecule has 170 valence electrons. The average Bonchev–Trinajstić information content (AvgIpc) is 3.24. The maximum Gasteiger partial charge on any atom is 1.00 e. The summed E-state index contributed by atoms with van der Waals surface area (Å²) in [6.45, 7) is 2.24. The number of aromatic carboxylic acids is 1. The molecule has 0 amide bonds. The molecule has 0 aliphatic carbocycles. The molecule has 1 atom stereocenters. The number of carbonyl (C=O) groups is 1. The van der Waals surface area contributed by atoms with Crippen molar-refractivity contribution in [1.82, 2.24) is 9.97 Å². The van der Waals surface area contributed by atoms with Crippen LogP contribution in [0, 0.1) is 6.92 Å². The van der Waals surface area contributed by atoms with Gasteiger partial charge in [-0.3, -0.25) is 4.31 Å². The van der Waals surface area contributed by atoms with E-state index in [1.807, 2.05) is 55.5 Å². The van der Waals surface area contributed by atoms with Crippen molar-refractivity contribution in [3.63, 3.8) is 0 Å². The van der Waals surface area contributed by atoms with Crippen molar-refractivity contribution >= 4 is 56.0 Å². The molecular formula is C26H19ClN3NaO3S. The Morgan fingerprint density at radius 2 is 1.80 bits per heavy atom. The van der Waals surface area contributed by atoms with Crippen molar-refractivity contribution in [2.45, 2.75) is 18.4 Å². The van der Waals surface area contributed by atoms with E-state index in [0.717, 1.165) is 32.9 Å². The standard InChI is InChI=1S/C26H20ClN3O3S.Na/c1-16-23-5-3-2-4-18(23)14-28-25(16)30(34(33)22-9-6-17(7-10-22)26(31)32)15-21-13-19-12-20(27)8-11-24(19)29-21;/h2-14,29H,15H2,1H3,(H,31,32);/q;+1/p-1. The minimum atomic E-state index is -1.66. The summed E-state index contributed by atoms with van der Waals surface area (Å²) in [7, 11) is -1.66. The van der Waals surface area contributed by atoms with Crippen LogP contribution in [-0.2, 0) is 17.5 Å². The Morgan fingerprint density at radius 1 is 1.06 bits per heavy atom. The first-order valence-electron chi connectivity index (χ1n) is 10.5. The van der Waals surface area contributed by atoms with Gasteiger partial charge in [0.15, 0.2) is 11.0 Å². The van der Waals surface area contributed by atoms with Gasteiger partial charge in [0.05, 0.1) is 17.4 Å². The molecule has 0 aliphatic heterocycles. The molecule has 5 rings (SSSR count). The Labute approximate surface area is 231 Å². The third-order valence-corrected chi connectivity index (χ3v) is 7.32. The number of aromatic nitrogens is 2. The summed E-state index contributed by atoms with van der Waals surface area (Å²) < 4.78 is 15.5. The van der Waals surface area contributed by atoms with Gasteiger partial charge in [-0.05, 0) is 54.3 Å². The first-order chi connectivity index (χ1) is 16.4. The second kappa shape index (κ2) is 10.5. The fourth-order valence-corrected chi connectivity index (χ4v) is 5.40. The molecule has 2 heterocycles. The second-order valence-corrected chi connectivity index (χ2v) is 9.76. The van der Waals surface area contributed by atoms with E-state index >= 15 is 0 Å². The Kier molecular flexibility index (Phi) is 7.64. The van der Waals surface area contributed by atoms with Crippen LogP contribution in [0.25, 0.3) is 21.7 Å². The number of carboxylic acid groups (broad SMARTS) is 1. The number of nitrogens with zero attached hydrogens (tertiary/aromatic N) is 2. The van der Waals surface area contributed by atoms with Crippen molar-refractivity contribution < 1.29 is 43.7 Å². The van der Waals surface area contributed by atoms with Crippen LogP contribution in [0.3, 0.4) is 0 Å². The smallest absolute Gasteiger partial charge is 0.545 e. The van der Waals surface area contributed by atoms with Crippen LogP contribution in [-0.4, -0.2) is 20.1 Å². The summed E-state index contributed by atoms with van der Waals surface area (Å²) in [5, 5.41) is 14.7. The van der Waals surface area contributed by atoms with Crippen molar-refractivity contribution in [3.8, 4) is 0 Å². The SMILES string of the molecule is Cc1c(N(Cc2cc3cc(Cl)ccc3[nH]2)S(=O)c2ccc(C(=O)[O-])cc2)ncc2ccccc12.[Na+]. The van der Waals surface area contributed by atoms with Crippen LogP contribution in [0.2, 0.25) is 5.02 Å². The third-order valence-electron chi connectivity index (χ3n) is 5.71. The fraction of sp³-hybridized carbons (Fsp3) is 0.0769. The number of H-pyrrole nitrogens is 1. The van der Waals surface area contributed by atoms with E-state index in [1.165, 1.54) is 24.3 Å². The van der Waals surface area contributed by atoms with Crippen LogP contribution >= 0.6 is 11.6 Å². The zero-order valence-electron chi connectivity index (χ0n) is 19.1. The van der Waals surface area contributed by atoms with Crippen molar-refractivity contribution in [2.75, 3.05) is 4.31 Å². The van der Waals surface area contributed by atoms with E-state index in [1.54, 1.807) is 10.5 Å². The van der Waals surface area contributed by atoms with Gasteiger partial charge in [0.1, 0.15) is 5.82 Å². The number of fused-ring (bicyclic) bond motifs is 2. The molecular weight excluding hydrogens is 493 g/mol. The Bertz CT molecular complexity index is 1570. The number of carboxylic acids is 1. The molecule has 0 saturated carbocycles. The monoisotopic (exact) mass is 511 g/mol. The molecule has 2 aromatic heterocycles. The van der Waals surface area contributed by atoms with Gasteiger partial charge < -0.3 is 14.9 Å².